The first-order valence-electron chi connectivity index (χ1n) is 7.65. The van der Waals surface area contributed by atoms with Gasteiger partial charge in [0.15, 0.2) is 5.65 Å². The van der Waals surface area contributed by atoms with E-state index in [2.05, 4.69) is 10.3 Å². The van der Waals surface area contributed by atoms with Crippen molar-refractivity contribution in [3.8, 4) is 0 Å². The zero-order chi connectivity index (χ0) is 19.9. The maximum atomic E-state index is 13.1. The summed E-state index contributed by atoms with van der Waals surface area (Å²) in [5.41, 5.74) is -0.360. The summed E-state index contributed by atoms with van der Waals surface area (Å²) in [6.07, 6.45) is -3.51. The minimum atomic E-state index is -4.62. The molecule has 0 saturated carbocycles. The van der Waals surface area contributed by atoms with E-state index in [1.54, 1.807) is 6.92 Å². The predicted octanol–water partition coefficient (Wildman–Crippen LogP) is 6.13. The predicted molar refractivity (Wildman–Crippen MR) is 99.0 cm³/mol. The van der Waals surface area contributed by atoms with E-state index in [0.717, 1.165) is 16.7 Å². The molecule has 0 saturated heterocycles. The third-order valence-corrected chi connectivity index (χ3v) is 4.46. The Morgan fingerprint density at radius 2 is 1.78 bits per heavy atom. The zero-order valence-electron chi connectivity index (χ0n) is 13.7. The highest BCUT2D eigenvalue weighted by Gasteiger charge is 2.33. The Morgan fingerprint density at radius 1 is 1.15 bits per heavy atom. The molecular formula is C17H11Cl3F3N3O. The molecule has 10 heteroatoms. The molecule has 4 nitrogen and oxygen atoms in total. The average Bonchev–Trinajstić information content (AvgIpc) is 2.92. The van der Waals surface area contributed by atoms with Crippen LogP contribution in [0.15, 0.2) is 30.5 Å². The van der Waals surface area contributed by atoms with Gasteiger partial charge < -0.3 is 5.32 Å². The third kappa shape index (κ3) is 4.00. The van der Waals surface area contributed by atoms with Crippen LogP contribution in [0.25, 0.3) is 5.65 Å². The minimum absolute atomic E-state index is 0.0448. The van der Waals surface area contributed by atoms with Crippen molar-refractivity contribution >= 4 is 52.0 Å². The Kier molecular flexibility index (Phi) is 5.29. The summed E-state index contributed by atoms with van der Waals surface area (Å²) in [7, 11) is 0. The molecule has 1 N–H and O–H groups in total. The Hall–Kier alpha value is -1.96. The summed E-state index contributed by atoms with van der Waals surface area (Å²) in [6, 6.07) is 5.20. The van der Waals surface area contributed by atoms with Gasteiger partial charge in [0.25, 0.3) is 5.91 Å². The van der Waals surface area contributed by atoms with Crippen molar-refractivity contribution in [3.05, 3.63) is 62.5 Å². The lowest BCUT2D eigenvalue weighted by Crippen LogP contribution is -2.17. The lowest BCUT2D eigenvalue weighted by molar-refractivity contribution is -0.137. The van der Waals surface area contributed by atoms with E-state index in [1.165, 1.54) is 18.2 Å². The van der Waals surface area contributed by atoms with E-state index in [-0.39, 0.29) is 16.4 Å². The van der Waals surface area contributed by atoms with Crippen LogP contribution in [-0.4, -0.2) is 15.3 Å². The van der Waals surface area contributed by atoms with Crippen LogP contribution in [0.4, 0.5) is 18.9 Å². The minimum Gasteiger partial charge on any atom is -0.321 e. The SMILES string of the molecule is CCc1nc2c(Cl)cc(C(F)(F)F)cn2c1C(=O)Nc1cc(Cl)cc(Cl)c1. The van der Waals surface area contributed by atoms with E-state index < -0.39 is 17.6 Å². The zero-order valence-corrected chi connectivity index (χ0v) is 15.9. The number of nitrogens with one attached hydrogen (secondary N) is 1. The summed E-state index contributed by atoms with van der Waals surface area (Å²) in [6.45, 7) is 1.73. The number of amides is 1. The fraction of sp³-hybridized carbons (Fsp3) is 0.176. The van der Waals surface area contributed by atoms with Gasteiger partial charge in [0.2, 0.25) is 0 Å². The number of alkyl halides is 3. The Labute approximate surface area is 166 Å². The number of fused-ring (bicyclic) bond motifs is 1. The van der Waals surface area contributed by atoms with Crippen LogP contribution in [-0.2, 0) is 12.6 Å². The molecule has 1 amide bonds. The number of halogens is 6. The van der Waals surface area contributed by atoms with Crippen LogP contribution >= 0.6 is 34.8 Å². The third-order valence-electron chi connectivity index (χ3n) is 3.75. The van der Waals surface area contributed by atoms with Gasteiger partial charge in [-0.3, -0.25) is 9.20 Å². The van der Waals surface area contributed by atoms with Gasteiger partial charge in [-0.15, -0.1) is 0 Å². The van der Waals surface area contributed by atoms with Crippen molar-refractivity contribution in [3.63, 3.8) is 0 Å². The molecule has 2 aromatic heterocycles. The largest absolute Gasteiger partial charge is 0.417 e. The number of aromatic nitrogens is 2. The first-order chi connectivity index (χ1) is 12.6. The molecule has 0 aliphatic heterocycles. The van der Waals surface area contributed by atoms with Crippen LogP contribution in [0.5, 0.6) is 0 Å². The van der Waals surface area contributed by atoms with Gasteiger partial charge in [-0.25, -0.2) is 4.98 Å². The Morgan fingerprint density at radius 3 is 2.33 bits per heavy atom. The maximum absolute atomic E-state index is 13.1. The van der Waals surface area contributed by atoms with Crippen molar-refractivity contribution in [2.24, 2.45) is 0 Å². The molecular weight excluding hydrogens is 426 g/mol. The molecule has 0 aliphatic carbocycles. The van der Waals surface area contributed by atoms with Crippen LogP contribution < -0.4 is 5.32 Å². The molecule has 0 unspecified atom stereocenters. The van der Waals surface area contributed by atoms with Gasteiger partial charge in [-0.05, 0) is 30.7 Å². The van der Waals surface area contributed by atoms with Gasteiger partial charge in [0, 0.05) is 21.9 Å². The molecule has 0 fully saturated rings. The summed E-state index contributed by atoms with van der Waals surface area (Å²) in [4.78, 5) is 17.0. The maximum Gasteiger partial charge on any atom is 0.417 e. The average molecular weight is 437 g/mol. The fourth-order valence-electron chi connectivity index (χ4n) is 2.61. The molecule has 0 radical (unpaired) electrons. The van der Waals surface area contributed by atoms with Gasteiger partial charge in [0.1, 0.15) is 5.69 Å². The summed E-state index contributed by atoms with van der Waals surface area (Å²) in [5.74, 6) is -0.659. The quantitative estimate of drug-likeness (QED) is 0.537. The lowest BCUT2D eigenvalue weighted by atomic mass is 10.2. The number of hydrogen-bond acceptors (Lipinski definition) is 2. The standard InChI is InChI=1S/C17H11Cl3F3N3O/c1-2-13-14(16(27)24-11-5-9(18)4-10(19)6-11)26-7-8(17(21,22)23)3-12(20)15(26)25-13/h3-7H,2H2,1H3,(H,24,27). The van der Waals surface area contributed by atoms with Gasteiger partial charge in [0.05, 0.1) is 16.3 Å². The van der Waals surface area contributed by atoms with Crippen LogP contribution in [0.2, 0.25) is 15.1 Å². The number of benzene rings is 1. The van der Waals surface area contributed by atoms with Crippen molar-refractivity contribution in [2.45, 2.75) is 19.5 Å². The first kappa shape index (κ1) is 19.8. The lowest BCUT2D eigenvalue weighted by Gasteiger charge is -2.11. The second-order valence-electron chi connectivity index (χ2n) is 5.64. The molecule has 0 spiro atoms. The first-order valence-corrected chi connectivity index (χ1v) is 8.78. The second-order valence-corrected chi connectivity index (χ2v) is 6.92. The number of pyridine rings is 1. The summed E-state index contributed by atoms with van der Waals surface area (Å²) >= 11 is 17.8. The number of anilines is 1. The molecule has 0 atom stereocenters. The number of hydrogen-bond donors (Lipinski definition) is 1. The summed E-state index contributed by atoms with van der Waals surface area (Å²) in [5, 5.41) is 2.97. The molecule has 0 aliphatic rings. The van der Waals surface area contributed by atoms with Crippen molar-refractivity contribution in [2.75, 3.05) is 5.32 Å². The van der Waals surface area contributed by atoms with E-state index in [0.29, 0.717) is 27.8 Å². The van der Waals surface area contributed by atoms with E-state index in [4.69, 9.17) is 34.8 Å². The topological polar surface area (TPSA) is 46.4 Å². The van der Waals surface area contributed by atoms with Crippen LogP contribution in [0, 0.1) is 0 Å². The van der Waals surface area contributed by atoms with Gasteiger partial charge in [-0.1, -0.05) is 41.7 Å². The number of aryl methyl sites for hydroxylation is 1. The number of rotatable bonds is 3. The molecule has 142 valence electrons. The van der Waals surface area contributed by atoms with Crippen molar-refractivity contribution < 1.29 is 18.0 Å². The molecule has 1 aromatic carbocycles. The van der Waals surface area contributed by atoms with Crippen LogP contribution in [0.1, 0.15) is 28.7 Å². The van der Waals surface area contributed by atoms with E-state index in [9.17, 15) is 18.0 Å². The number of imidazole rings is 1. The highest BCUT2D eigenvalue weighted by Crippen LogP contribution is 2.33. The smallest absolute Gasteiger partial charge is 0.321 e. The van der Waals surface area contributed by atoms with Crippen molar-refractivity contribution in [1.29, 1.82) is 0 Å². The van der Waals surface area contributed by atoms with Crippen molar-refractivity contribution in [1.82, 2.24) is 9.38 Å². The van der Waals surface area contributed by atoms with Gasteiger partial charge in [-0.2, -0.15) is 13.2 Å². The highest BCUT2D eigenvalue weighted by atomic mass is 35.5. The number of carbonyl (C=O) groups is 1. The van der Waals surface area contributed by atoms with E-state index >= 15 is 0 Å². The summed E-state index contributed by atoms with van der Waals surface area (Å²) < 4.78 is 40.4. The van der Waals surface area contributed by atoms with Crippen LogP contribution in [0.3, 0.4) is 0 Å². The monoisotopic (exact) mass is 435 g/mol. The molecule has 3 aromatic rings. The Balaban J connectivity index is 2.13. The molecule has 0 bridgehead atoms. The molecule has 3 rings (SSSR count). The Bertz CT molecular complexity index is 1030. The second kappa shape index (κ2) is 7.22. The molecule has 27 heavy (non-hydrogen) atoms. The van der Waals surface area contributed by atoms with E-state index in [1.807, 2.05) is 0 Å². The highest BCUT2D eigenvalue weighted by molar-refractivity contribution is 6.35. The normalized spacial score (nSPS) is 11.8. The number of nitrogens with zero attached hydrogens (tertiary/aromatic N) is 2. The number of carbonyl (C=O) groups excluding carboxylic acids is 1. The molecule has 2 heterocycles. The fourth-order valence-corrected chi connectivity index (χ4v) is 3.39. The van der Waals surface area contributed by atoms with Gasteiger partial charge >= 0.3 is 6.18 Å².